The molecule has 2 aliphatic rings. The van der Waals surface area contributed by atoms with Crippen LogP contribution >= 0.6 is 11.3 Å². The molecule has 0 bridgehead atoms. The number of ether oxygens (including phenoxy) is 1. The third kappa shape index (κ3) is 5.04. The molecule has 9 nitrogen and oxygen atoms in total. The molecule has 1 unspecified atom stereocenters. The van der Waals surface area contributed by atoms with E-state index in [4.69, 9.17) is 4.74 Å². The Hall–Kier alpha value is -2.50. The summed E-state index contributed by atoms with van der Waals surface area (Å²) >= 11 is 1.31. The number of nitrogens with zero attached hydrogens (tertiary/aromatic N) is 2. The highest BCUT2D eigenvalue weighted by atomic mass is 32.2. The van der Waals surface area contributed by atoms with Gasteiger partial charge in [0.2, 0.25) is 15.9 Å². The maximum atomic E-state index is 13.3. The fourth-order valence-electron chi connectivity index (χ4n) is 4.13. The predicted molar refractivity (Wildman–Crippen MR) is 128 cm³/mol. The summed E-state index contributed by atoms with van der Waals surface area (Å²) in [5.41, 5.74) is 2.91. The number of hydrogen-bond acceptors (Lipinski definition) is 7. The first-order valence-corrected chi connectivity index (χ1v) is 13.3. The van der Waals surface area contributed by atoms with Crippen molar-refractivity contribution in [2.75, 3.05) is 29.5 Å². The summed E-state index contributed by atoms with van der Waals surface area (Å²) in [7, 11) is -2.28. The lowest BCUT2D eigenvalue weighted by atomic mass is 10.0. The van der Waals surface area contributed by atoms with Gasteiger partial charge in [-0.2, -0.15) is 0 Å². The molecule has 0 radical (unpaired) electrons. The van der Waals surface area contributed by atoms with Crippen LogP contribution < -0.4 is 10.0 Å². The molecule has 1 aromatic heterocycles. The minimum Gasteiger partial charge on any atom is -0.384 e. The topological polar surface area (TPSA) is 118 Å². The molecule has 1 aliphatic carbocycles. The van der Waals surface area contributed by atoms with Crippen LogP contribution in [0.4, 0.5) is 10.8 Å². The summed E-state index contributed by atoms with van der Waals surface area (Å²) in [6, 6.07) is 3.71. The molecule has 2 N–H and O–H groups in total. The molecule has 1 aromatic carbocycles. The molecule has 1 aliphatic heterocycles. The van der Waals surface area contributed by atoms with Crippen molar-refractivity contribution in [3.8, 4) is 10.4 Å². The number of aryl methyl sites for hydroxylation is 1. The van der Waals surface area contributed by atoms with Crippen molar-refractivity contribution in [3.63, 3.8) is 0 Å². The Kier molecular flexibility index (Phi) is 6.47. The van der Waals surface area contributed by atoms with E-state index in [2.05, 4.69) is 21.9 Å². The van der Waals surface area contributed by atoms with Crippen LogP contribution in [-0.2, 0) is 26.1 Å². The molecular weight excluding hydrogens is 464 g/mol. The van der Waals surface area contributed by atoms with Gasteiger partial charge in [0.1, 0.15) is 0 Å². The molecule has 1 atom stereocenters. The lowest BCUT2D eigenvalue weighted by Crippen LogP contribution is -2.35. The van der Waals surface area contributed by atoms with Gasteiger partial charge in [0.25, 0.3) is 5.91 Å². The quantitative estimate of drug-likeness (QED) is 0.555. The van der Waals surface area contributed by atoms with E-state index >= 15 is 0 Å². The smallest absolute Gasteiger partial charge is 0.256 e. The van der Waals surface area contributed by atoms with E-state index in [0.29, 0.717) is 28.9 Å². The lowest BCUT2D eigenvalue weighted by molar-refractivity contribution is -0.114. The van der Waals surface area contributed by atoms with Crippen molar-refractivity contribution in [1.82, 2.24) is 9.88 Å². The number of sulfonamides is 1. The van der Waals surface area contributed by atoms with Crippen LogP contribution in [0.2, 0.25) is 0 Å². The van der Waals surface area contributed by atoms with Gasteiger partial charge in [-0.1, -0.05) is 11.3 Å². The highest BCUT2D eigenvalue weighted by molar-refractivity contribution is 7.92. The van der Waals surface area contributed by atoms with Crippen LogP contribution in [0, 0.1) is 12.8 Å². The summed E-state index contributed by atoms with van der Waals surface area (Å²) < 4.78 is 32.9. The fraction of sp³-hybridized carbons (Fsp3) is 0.500. The Morgan fingerprint density at radius 1 is 1.36 bits per heavy atom. The van der Waals surface area contributed by atoms with E-state index in [1.807, 2.05) is 17.9 Å². The maximum Gasteiger partial charge on any atom is 0.256 e. The summed E-state index contributed by atoms with van der Waals surface area (Å²) in [6.45, 7) is 5.78. The van der Waals surface area contributed by atoms with Gasteiger partial charge in [0, 0.05) is 26.6 Å². The average molecular weight is 493 g/mol. The van der Waals surface area contributed by atoms with Crippen molar-refractivity contribution < 1.29 is 22.7 Å². The van der Waals surface area contributed by atoms with Crippen molar-refractivity contribution in [2.24, 2.45) is 5.92 Å². The second kappa shape index (κ2) is 9.03. The minimum absolute atomic E-state index is 0.0457. The second-order valence-corrected chi connectivity index (χ2v) is 11.4. The zero-order valence-electron chi connectivity index (χ0n) is 19.1. The molecule has 1 fully saturated rings. The molecule has 1 saturated carbocycles. The van der Waals surface area contributed by atoms with E-state index in [9.17, 15) is 18.0 Å². The Balaban J connectivity index is 1.76. The normalized spacial score (nSPS) is 16.6. The Labute approximate surface area is 197 Å². The average Bonchev–Trinajstić information content (AvgIpc) is 3.44. The number of rotatable bonds is 9. The molecule has 33 heavy (non-hydrogen) atoms. The zero-order chi connectivity index (χ0) is 23.9. The van der Waals surface area contributed by atoms with E-state index < -0.39 is 10.0 Å². The number of aromatic nitrogens is 1. The number of nitrogens with one attached hydrogen (secondary N) is 2. The molecule has 0 spiro atoms. The number of fused-ring (bicyclic) bond motifs is 1. The number of hydrogen-bond donors (Lipinski definition) is 2. The number of methoxy groups -OCH3 is 1. The first-order valence-electron chi connectivity index (χ1n) is 10.8. The molecule has 4 rings (SSSR count). The number of carbonyl (C=O) groups is 2. The number of anilines is 2. The van der Waals surface area contributed by atoms with Gasteiger partial charge in [-0.05, 0) is 55.9 Å². The summed E-state index contributed by atoms with van der Waals surface area (Å²) in [6.07, 6.45) is 2.21. The Bertz CT molecular complexity index is 1200. The molecule has 0 saturated heterocycles. The Morgan fingerprint density at radius 2 is 2.09 bits per heavy atom. The van der Waals surface area contributed by atoms with E-state index in [1.165, 1.54) is 25.4 Å². The molecule has 2 amide bonds. The highest BCUT2D eigenvalue weighted by Gasteiger charge is 2.40. The fourth-order valence-corrected chi connectivity index (χ4v) is 6.12. The van der Waals surface area contributed by atoms with E-state index in [-0.39, 0.29) is 35.9 Å². The molecular formula is C22H28N4O5S2. The van der Waals surface area contributed by atoms with Gasteiger partial charge in [0.15, 0.2) is 5.13 Å². The van der Waals surface area contributed by atoms with E-state index in [0.717, 1.165) is 28.8 Å². The van der Waals surface area contributed by atoms with E-state index in [1.54, 1.807) is 6.07 Å². The first-order chi connectivity index (χ1) is 15.6. The van der Waals surface area contributed by atoms with Crippen LogP contribution in [0.15, 0.2) is 12.1 Å². The molecule has 178 valence electrons. The van der Waals surface area contributed by atoms with Crippen LogP contribution in [0.1, 0.15) is 48.3 Å². The third-order valence-corrected chi connectivity index (χ3v) is 8.35. The Morgan fingerprint density at radius 3 is 2.73 bits per heavy atom. The van der Waals surface area contributed by atoms with Crippen LogP contribution in [0.25, 0.3) is 10.4 Å². The van der Waals surface area contributed by atoms with Crippen molar-refractivity contribution in [1.29, 1.82) is 0 Å². The highest BCUT2D eigenvalue weighted by Crippen LogP contribution is 2.42. The van der Waals surface area contributed by atoms with Gasteiger partial charge >= 0.3 is 0 Å². The van der Waals surface area contributed by atoms with Crippen molar-refractivity contribution in [2.45, 2.75) is 46.2 Å². The SMILES string of the molecule is COCCS(=O)(=O)Nc1cc(-c2sc(NC(C)=O)nc2C)cc2c1C(=O)N(C(C)C1CC1)C2. The second-order valence-electron chi connectivity index (χ2n) is 8.60. The van der Waals surface area contributed by atoms with Gasteiger partial charge in [-0.15, -0.1) is 0 Å². The summed E-state index contributed by atoms with van der Waals surface area (Å²) in [5, 5.41) is 3.16. The standard InChI is InChI=1S/C22H28N4O5S2/c1-12-20(32-22(23-12)24-14(3)27)16-9-17-11-26(13(2)15-5-6-15)21(28)19(17)18(10-16)25-33(29,30)8-7-31-4/h9-10,13,15,25H,5-8,11H2,1-4H3,(H,23,24,27). The number of amides is 2. The van der Waals surface area contributed by atoms with Crippen LogP contribution in [-0.4, -0.2) is 55.6 Å². The monoisotopic (exact) mass is 492 g/mol. The lowest BCUT2D eigenvalue weighted by Gasteiger charge is -2.24. The van der Waals surface area contributed by atoms with Crippen LogP contribution in [0.3, 0.4) is 0 Å². The number of carbonyl (C=O) groups excluding carboxylic acids is 2. The zero-order valence-corrected chi connectivity index (χ0v) is 20.7. The summed E-state index contributed by atoms with van der Waals surface area (Å²) in [5.74, 6) is -0.0921. The number of thiazole rings is 1. The molecule has 11 heteroatoms. The minimum atomic E-state index is -3.72. The van der Waals surface area contributed by atoms with Gasteiger partial charge < -0.3 is 15.0 Å². The van der Waals surface area contributed by atoms with Crippen LogP contribution in [0.5, 0.6) is 0 Å². The van der Waals surface area contributed by atoms with Crippen molar-refractivity contribution in [3.05, 3.63) is 29.0 Å². The van der Waals surface area contributed by atoms with Gasteiger partial charge in [-0.25, -0.2) is 13.4 Å². The van der Waals surface area contributed by atoms with Gasteiger partial charge in [-0.3, -0.25) is 14.3 Å². The maximum absolute atomic E-state index is 13.3. The van der Waals surface area contributed by atoms with Crippen molar-refractivity contribution >= 4 is 44.0 Å². The molecule has 2 heterocycles. The number of benzene rings is 1. The first kappa shape index (κ1) is 23.7. The largest absolute Gasteiger partial charge is 0.384 e. The van der Waals surface area contributed by atoms with Gasteiger partial charge in [0.05, 0.1) is 34.2 Å². The molecule has 2 aromatic rings. The summed E-state index contributed by atoms with van der Waals surface area (Å²) in [4.78, 5) is 31.8. The predicted octanol–water partition coefficient (Wildman–Crippen LogP) is 3.22. The third-order valence-electron chi connectivity index (χ3n) is 5.99.